The van der Waals surface area contributed by atoms with Gasteiger partial charge in [0.05, 0.1) is 12.7 Å². The SMILES string of the molecule is C[C@H](N)c1ccc(SCC(O)CO)cc1. The number of benzene rings is 1. The van der Waals surface area contributed by atoms with Crippen molar-refractivity contribution in [3.8, 4) is 0 Å². The van der Waals surface area contributed by atoms with Crippen molar-refractivity contribution < 1.29 is 10.2 Å². The van der Waals surface area contributed by atoms with Crippen molar-refractivity contribution in [3.63, 3.8) is 0 Å². The van der Waals surface area contributed by atoms with Crippen LogP contribution in [0.15, 0.2) is 29.2 Å². The molecule has 3 nitrogen and oxygen atoms in total. The van der Waals surface area contributed by atoms with Crippen LogP contribution in [0.3, 0.4) is 0 Å². The van der Waals surface area contributed by atoms with Crippen molar-refractivity contribution in [2.75, 3.05) is 12.4 Å². The molecule has 4 N–H and O–H groups in total. The lowest BCUT2D eigenvalue weighted by molar-refractivity contribution is 0.113. The van der Waals surface area contributed by atoms with Gasteiger partial charge in [0.25, 0.3) is 0 Å². The first-order valence-corrected chi connectivity index (χ1v) is 5.89. The van der Waals surface area contributed by atoms with Crippen molar-refractivity contribution in [1.29, 1.82) is 0 Å². The van der Waals surface area contributed by atoms with Crippen molar-refractivity contribution in [3.05, 3.63) is 29.8 Å². The molecule has 4 heteroatoms. The van der Waals surface area contributed by atoms with E-state index >= 15 is 0 Å². The van der Waals surface area contributed by atoms with Gasteiger partial charge in [-0.25, -0.2) is 0 Å². The molecule has 1 aromatic carbocycles. The fraction of sp³-hybridized carbons (Fsp3) is 0.455. The molecule has 84 valence electrons. The lowest BCUT2D eigenvalue weighted by Crippen LogP contribution is -2.14. The van der Waals surface area contributed by atoms with Crippen LogP contribution in [0.25, 0.3) is 0 Å². The number of hydrogen-bond donors (Lipinski definition) is 3. The molecular formula is C11H17NO2S. The van der Waals surface area contributed by atoms with Gasteiger partial charge in [0.15, 0.2) is 0 Å². The van der Waals surface area contributed by atoms with Gasteiger partial charge in [0.1, 0.15) is 0 Å². The van der Waals surface area contributed by atoms with Crippen molar-refractivity contribution in [1.82, 2.24) is 0 Å². The highest BCUT2D eigenvalue weighted by molar-refractivity contribution is 7.99. The molecule has 0 aromatic heterocycles. The molecule has 2 atom stereocenters. The molecule has 0 heterocycles. The van der Waals surface area contributed by atoms with E-state index in [0.29, 0.717) is 5.75 Å². The lowest BCUT2D eigenvalue weighted by Gasteiger charge is -2.08. The summed E-state index contributed by atoms with van der Waals surface area (Å²) in [5.74, 6) is 0.508. The minimum Gasteiger partial charge on any atom is -0.394 e. The van der Waals surface area contributed by atoms with Gasteiger partial charge < -0.3 is 15.9 Å². The summed E-state index contributed by atoms with van der Waals surface area (Å²) in [6.07, 6.45) is -0.650. The monoisotopic (exact) mass is 227 g/mol. The summed E-state index contributed by atoms with van der Waals surface area (Å²) in [5, 5.41) is 17.8. The van der Waals surface area contributed by atoms with E-state index in [1.54, 1.807) is 0 Å². The van der Waals surface area contributed by atoms with Gasteiger partial charge in [0.2, 0.25) is 0 Å². The standard InChI is InChI=1S/C11H17NO2S/c1-8(12)9-2-4-11(5-3-9)15-7-10(14)6-13/h2-5,8,10,13-14H,6-7,12H2,1H3/t8-,10?/m0/s1. The first-order chi connectivity index (χ1) is 7.13. The van der Waals surface area contributed by atoms with Crippen LogP contribution in [0, 0.1) is 0 Å². The van der Waals surface area contributed by atoms with Crippen LogP contribution in [0.2, 0.25) is 0 Å². The zero-order valence-electron chi connectivity index (χ0n) is 8.76. The van der Waals surface area contributed by atoms with Crippen LogP contribution in [0.5, 0.6) is 0 Å². The molecule has 0 spiro atoms. The van der Waals surface area contributed by atoms with Crippen LogP contribution in [0.4, 0.5) is 0 Å². The maximum Gasteiger partial charge on any atom is 0.0864 e. The minimum absolute atomic E-state index is 0.0482. The Labute approximate surface area is 94.3 Å². The maximum atomic E-state index is 9.17. The Morgan fingerprint density at radius 1 is 1.33 bits per heavy atom. The molecular weight excluding hydrogens is 210 g/mol. The second-order valence-electron chi connectivity index (χ2n) is 3.51. The van der Waals surface area contributed by atoms with Crippen LogP contribution >= 0.6 is 11.8 Å². The molecule has 0 saturated carbocycles. The summed E-state index contributed by atoms with van der Waals surface area (Å²) in [5.41, 5.74) is 6.83. The van der Waals surface area contributed by atoms with Gasteiger partial charge in [-0.15, -0.1) is 11.8 Å². The molecule has 0 aliphatic carbocycles. The summed E-state index contributed by atoms with van der Waals surface area (Å²) in [7, 11) is 0. The van der Waals surface area contributed by atoms with Crippen LogP contribution in [-0.4, -0.2) is 28.7 Å². The van der Waals surface area contributed by atoms with Gasteiger partial charge in [-0.05, 0) is 24.6 Å². The van der Waals surface area contributed by atoms with Gasteiger partial charge >= 0.3 is 0 Å². The van der Waals surface area contributed by atoms with E-state index in [0.717, 1.165) is 10.5 Å². The minimum atomic E-state index is -0.650. The third-order valence-corrected chi connectivity index (χ3v) is 3.22. The number of nitrogens with two attached hydrogens (primary N) is 1. The van der Waals surface area contributed by atoms with Crippen molar-refractivity contribution in [2.24, 2.45) is 5.73 Å². The van der Waals surface area contributed by atoms with E-state index in [9.17, 15) is 5.11 Å². The average molecular weight is 227 g/mol. The van der Waals surface area contributed by atoms with E-state index in [4.69, 9.17) is 10.8 Å². The lowest BCUT2D eigenvalue weighted by atomic mass is 10.1. The van der Waals surface area contributed by atoms with Gasteiger partial charge in [-0.2, -0.15) is 0 Å². The smallest absolute Gasteiger partial charge is 0.0864 e. The predicted octanol–water partition coefficient (Wildman–Crippen LogP) is 1.15. The molecule has 0 aliphatic rings. The van der Waals surface area contributed by atoms with Crippen LogP contribution in [0.1, 0.15) is 18.5 Å². The molecule has 1 aromatic rings. The second-order valence-corrected chi connectivity index (χ2v) is 4.60. The largest absolute Gasteiger partial charge is 0.394 e. The van der Waals surface area contributed by atoms with E-state index in [1.165, 1.54) is 11.8 Å². The highest BCUT2D eigenvalue weighted by Crippen LogP contribution is 2.20. The van der Waals surface area contributed by atoms with E-state index in [-0.39, 0.29) is 12.6 Å². The predicted molar refractivity (Wildman–Crippen MR) is 62.9 cm³/mol. The molecule has 1 unspecified atom stereocenters. The van der Waals surface area contributed by atoms with Gasteiger partial charge in [0, 0.05) is 16.7 Å². The molecule has 15 heavy (non-hydrogen) atoms. The van der Waals surface area contributed by atoms with Crippen LogP contribution < -0.4 is 5.73 Å². The molecule has 0 amide bonds. The Morgan fingerprint density at radius 2 is 1.93 bits per heavy atom. The molecule has 0 bridgehead atoms. The van der Waals surface area contributed by atoms with E-state index in [1.807, 2.05) is 31.2 Å². The summed E-state index contributed by atoms with van der Waals surface area (Å²) < 4.78 is 0. The van der Waals surface area contributed by atoms with Crippen molar-refractivity contribution in [2.45, 2.75) is 24.0 Å². The molecule has 0 saturated heterocycles. The first kappa shape index (κ1) is 12.5. The zero-order valence-corrected chi connectivity index (χ0v) is 9.57. The zero-order chi connectivity index (χ0) is 11.3. The second kappa shape index (κ2) is 6.12. The third kappa shape index (κ3) is 4.22. The maximum absolute atomic E-state index is 9.17. The Morgan fingerprint density at radius 3 is 2.40 bits per heavy atom. The number of thioether (sulfide) groups is 1. The number of aliphatic hydroxyl groups excluding tert-OH is 2. The summed E-state index contributed by atoms with van der Waals surface area (Å²) in [4.78, 5) is 1.08. The molecule has 0 radical (unpaired) electrons. The fourth-order valence-electron chi connectivity index (χ4n) is 1.11. The highest BCUT2D eigenvalue weighted by atomic mass is 32.2. The third-order valence-electron chi connectivity index (χ3n) is 2.06. The molecule has 0 aliphatic heterocycles. The summed E-state index contributed by atoms with van der Waals surface area (Å²) >= 11 is 1.52. The first-order valence-electron chi connectivity index (χ1n) is 4.90. The molecule has 1 rings (SSSR count). The number of aliphatic hydroxyl groups is 2. The van der Waals surface area contributed by atoms with Gasteiger partial charge in [-0.3, -0.25) is 0 Å². The molecule has 0 fully saturated rings. The summed E-state index contributed by atoms with van der Waals surface area (Å²) in [6, 6.07) is 7.98. The van der Waals surface area contributed by atoms with Crippen molar-refractivity contribution >= 4 is 11.8 Å². The van der Waals surface area contributed by atoms with E-state index < -0.39 is 6.10 Å². The Hall–Kier alpha value is -0.550. The quantitative estimate of drug-likeness (QED) is 0.660. The topological polar surface area (TPSA) is 66.5 Å². The fourth-order valence-corrected chi connectivity index (χ4v) is 1.93. The van der Waals surface area contributed by atoms with Crippen LogP contribution in [-0.2, 0) is 0 Å². The Kier molecular flexibility index (Phi) is 5.11. The Bertz CT molecular complexity index is 287. The normalized spacial score (nSPS) is 14.9. The number of hydrogen-bond acceptors (Lipinski definition) is 4. The number of rotatable bonds is 5. The average Bonchev–Trinajstić information content (AvgIpc) is 2.26. The highest BCUT2D eigenvalue weighted by Gasteiger charge is 2.03. The van der Waals surface area contributed by atoms with Gasteiger partial charge in [-0.1, -0.05) is 12.1 Å². The van der Waals surface area contributed by atoms with E-state index in [2.05, 4.69) is 0 Å². The Balaban J connectivity index is 2.50. The summed E-state index contributed by atoms with van der Waals surface area (Å²) in [6.45, 7) is 1.75.